The Hall–Kier alpha value is -5.64. The van der Waals surface area contributed by atoms with Gasteiger partial charge in [-0.15, -0.1) is 0 Å². The van der Waals surface area contributed by atoms with Crippen molar-refractivity contribution in [3.63, 3.8) is 0 Å². The van der Waals surface area contributed by atoms with Gasteiger partial charge < -0.3 is 32.3 Å². The van der Waals surface area contributed by atoms with Gasteiger partial charge in [-0.3, -0.25) is 19.2 Å². The zero-order valence-electron chi connectivity index (χ0n) is 28.5. The van der Waals surface area contributed by atoms with Crippen LogP contribution >= 0.6 is 0 Å². The molecule has 0 aliphatic carbocycles. The number of anilines is 7. The van der Waals surface area contributed by atoms with E-state index < -0.39 is 0 Å². The van der Waals surface area contributed by atoms with Crippen molar-refractivity contribution in [1.29, 1.82) is 0 Å². The molecule has 0 fully saturated rings. The average Bonchev–Trinajstić information content (AvgIpc) is 3.11. The van der Waals surface area contributed by atoms with E-state index in [1.807, 2.05) is 91.0 Å². The maximum Gasteiger partial charge on any atom is 0.224 e. The number of hydrogen-bond donors (Lipinski definition) is 6. The summed E-state index contributed by atoms with van der Waals surface area (Å²) in [6, 6.07) is 31.5. The maximum absolute atomic E-state index is 12.8. The Balaban J connectivity index is 1.13. The number of nitrogens with two attached hydrogens (primary N) is 1. The molecule has 0 spiro atoms. The highest BCUT2D eigenvalue weighted by Crippen LogP contribution is 2.30. The van der Waals surface area contributed by atoms with Gasteiger partial charge in [-0.2, -0.15) is 0 Å². The van der Waals surface area contributed by atoms with Crippen LogP contribution in [-0.4, -0.2) is 23.6 Å². The van der Waals surface area contributed by atoms with Gasteiger partial charge in [-0.05, 0) is 74.2 Å². The SMILES string of the molecule is Nc1ccccc1NC(=O)CCCCCCC(=O)Nc1ccccc1Nc1ccccc1NC(=O)CCCCCCC(=O)Nc1ccccc1. The summed E-state index contributed by atoms with van der Waals surface area (Å²) in [6.07, 6.45) is 7.99. The van der Waals surface area contributed by atoms with E-state index in [1.165, 1.54) is 0 Å². The van der Waals surface area contributed by atoms with Gasteiger partial charge in [-0.1, -0.05) is 80.3 Å². The number of nitrogens with one attached hydrogen (secondary N) is 5. The molecule has 0 heterocycles. The molecular weight excluding hydrogens is 628 g/mol. The normalized spacial score (nSPS) is 10.6. The number of hydrogen-bond acceptors (Lipinski definition) is 6. The first kappa shape index (κ1) is 37.2. The minimum Gasteiger partial charge on any atom is -0.397 e. The minimum absolute atomic E-state index is 0.000260. The quantitative estimate of drug-likeness (QED) is 0.0406. The summed E-state index contributed by atoms with van der Waals surface area (Å²) in [6.45, 7) is 0. The third kappa shape index (κ3) is 13.5. The van der Waals surface area contributed by atoms with Crippen molar-refractivity contribution in [2.75, 3.05) is 32.3 Å². The van der Waals surface area contributed by atoms with Gasteiger partial charge >= 0.3 is 0 Å². The van der Waals surface area contributed by atoms with Crippen molar-refractivity contribution >= 4 is 63.4 Å². The standard InChI is InChI=1S/C40H48N6O4/c41-31-20-12-13-21-32(31)44-38(48)27-9-3-4-11-29-40(50)46-36-25-17-15-23-34(36)43-33-22-14-16-24-35(33)45-39(49)28-10-2-1-8-26-37(47)42-30-18-6-5-7-19-30/h5-7,12-25,43H,1-4,8-11,26-29,41H2,(H,42,47)(H,44,48)(H,45,49)(H,46,50). The molecule has 4 aromatic rings. The topological polar surface area (TPSA) is 154 Å². The Morgan fingerprint density at radius 3 is 1.16 bits per heavy atom. The second-order valence-electron chi connectivity index (χ2n) is 12.2. The molecule has 0 atom stereocenters. The lowest BCUT2D eigenvalue weighted by Gasteiger charge is -2.16. The Kier molecular flexibility index (Phi) is 15.4. The fraction of sp³-hybridized carbons (Fsp3) is 0.300. The van der Waals surface area contributed by atoms with E-state index in [4.69, 9.17) is 5.73 Å². The molecule has 0 saturated carbocycles. The second kappa shape index (κ2) is 20.7. The van der Waals surface area contributed by atoms with Crippen molar-refractivity contribution in [2.24, 2.45) is 0 Å². The summed E-state index contributed by atoms with van der Waals surface area (Å²) >= 11 is 0. The predicted molar refractivity (Wildman–Crippen MR) is 203 cm³/mol. The van der Waals surface area contributed by atoms with Crippen LogP contribution in [-0.2, 0) is 19.2 Å². The molecule has 10 nitrogen and oxygen atoms in total. The highest BCUT2D eigenvalue weighted by molar-refractivity contribution is 5.98. The van der Waals surface area contributed by atoms with Crippen LogP contribution in [0.5, 0.6) is 0 Å². The Morgan fingerprint density at radius 2 is 0.720 bits per heavy atom. The molecule has 0 saturated heterocycles. The molecule has 4 amide bonds. The maximum atomic E-state index is 12.8. The third-order valence-electron chi connectivity index (χ3n) is 8.08. The molecule has 50 heavy (non-hydrogen) atoms. The van der Waals surface area contributed by atoms with Gasteiger partial charge in [0.25, 0.3) is 0 Å². The van der Waals surface area contributed by atoms with Crippen molar-refractivity contribution in [3.8, 4) is 0 Å². The zero-order chi connectivity index (χ0) is 35.4. The molecule has 0 aliphatic rings. The summed E-state index contributed by atoms with van der Waals surface area (Å²) in [5.74, 6) is -0.237. The number of rotatable bonds is 20. The van der Waals surface area contributed by atoms with Crippen molar-refractivity contribution in [1.82, 2.24) is 0 Å². The predicted octanol–water partition coefficient (Wildman–Crippen LogP) is 8.85. The first-order chi connectivity index (χ1) is 24.4. The van der Waals surface area contributed by atoms with Crippen LogP contribution in [0.3, 0.4) is 0 Å². The summed E-state index contributed by atoms with van der Waals surface area (Å²) in [5, 5.41) is 15.1. The third-order valence-corrected chi connectivity index (χ3v) is 8.08. The molecule has 262 valence electrons. The van der Waals surface area contributed by atoms with E-state index in [1.54, 1.807) is 12.1 Å². The number of amides is 4. The lowest BCUT2D eigenvalue weighted by Crippen LogP contribution is -2.14. The van der Waals surface area contributed by atoms with Gasteiger partial charge in [0.15, 0.2) is 0 Å². The number of para-hydroxylation sites is 7. The molecule has 0 aromatic heterocycles. The monoisotopic (exact) mass is 676 g/mol. The van der Waals surface area contributed by atoms with E-state index >= 15 is 0 Å². The molecule has 0 radical (unpaired) electrons. The zero-order valence-corrected chi connectivity index (χ0v) is 28.5. The fourth-order valence-corrected chi connectivity index (χ4v) is 5.39. The van der Waals surface area contributed by atoms with Crippen LogP contribution in [0.25, 0.3) is 0 Å². The van der Waals surface area contributed by atoms with E-state index in [0.717, 1.165) is 50.6 Å². The molecule has 7 N–H and O–H groups in total. The Morgan fingerprint density at radius 1 is 0.380 bits per heavy atom. The van der Waals surface area contributed by atoms with Crippen molar-refractivity contribution < 1.29 is 19.2 Å². The van der Waals surface area contributed by atoms with Gasteiger partial charge in [0.1, 0.15) is 0 Å². The lowest BCUT2D eigenvalue weighted by atomic mass is 10.1. The van der Waals surface area contributed by atoms with Crippen LogP contribution in [0.4, 0.5) is 39.8 Å². The van der Waals surface area contributed by atoms with Gasteiger partial charge in [0.2, 0.25) is 23.6 Å². The second-order valence-corrected chi connectivity index (χ2v) is 12.2. The van der Waals surface area contributed by atoms with Crippen LogP contribution in [0.1, 0.15) is 77.0 Å². The van der Waals surface area contributed by atoms with Crippen LogP contribution < -0.4 is 32.3 Å². The van der Waals surface area contributed by atoms with Gasteiger partial charge in [0, 0.05) is 31.4 Å². The Labute approximate surface area is 294 Å². The van der Waals surface area contributed by atoms with Gasteiger partial charge in [-0.25, -0.2) is 0 Å². The molecular formula is C40H48N6O4. The van der Waals surface area contributed by atoms with E-state index in [9.17, 15) is 19.2 Å². The number of carbonyl (C=O) groups excluding carboxylic acids is 4. The number of unbranched alkanes of at least 4 members (excludes halogenated alkanes) is 6. The summed E-state index contributed by atoms with van der Waals surface area (Å²) < 4.78 is 0. The highest BCUT2D eigenvalue weighted by Gasteiger charge is 2.11. The molecule has 10 heteroatoms. The number of carbonyl (C=O) groups is 4. The summed E-state index contributed by atoms with van der Waals surface area (Å²) in [5.41, 5.74) is 10.6. The van der Waals surface area contributed by atoms with Crippen molar-refractivity contribution in [2.45, 2.75) is 77.0 Å². The lowest BCUT2D eigenvalue weighted by molar-refractivity contribution is -0.117. The highest BCUT2D eigenvalue weighted by atomic mass is 16.2. The molecule has 0 aliphatic heterocycles. The average molecular weight is 677 g/mol. The van der Waals surface area contributed by atoms with Crippen LogP contribution in [0, 0.1) is 0 Å². The summed E-state index contributed by atoms with van der Waals surface area (Å²) in [7, 11) is 0. The first-order valence-corrected chi connectivity index (χ1v) is 17.4. The Bertz CT molecular complexity index is 1690. The number of benzene rings is 4. The molecule has 4 rings (SSSR count). The van der Waals surface area contributed by atoms with Gasteiger partial charge in [0.05, 0.1) is 34.1 Å². The van der Waals surface area contributed by atoms with Crippen molar-refractivity contribution in [3.05, 3.63) is 103 Å². The smallest absolute Gasteiger partial charge is 0.224 e. The molecule has 4 aromatic carbocycles. The van der Waals surface area contributed by atoms with E-state index in [-0.39, 0.29) is 23.6 Å². The van der Waals surface area contributed by atoms with E-state index in [0.29, 0.717) is 66.2 Å². The molecule has 0 unspecified atom stereocenters. The first-order valence-electron chi connectivity index (χ1n) is 17.4. The van der Waals surface area contributed by atoms with Crippen LogP contribution in [0.15, 0.2) is 103 Å². The fourth-order valence-electron chi connectivity index (χ4n) is 5.39. The summed E-state index contributed by atoms with van der Waals surface area (Å²) in [4.78, 5) is 49.9. The largest absolute Gasteiger partial charge is 0.397 e. The minimum atomic E-state index is -0.0880. The van der Waals surface area contributed by atoms with E-state index in [2.05, 4.69) is 26.6 Å². The van der Waals surface area contributed by atoms with Crippen LogP contribution in [0.2, 0.25) is 0 Å². The molecule has 0 bridgehead atoms. The number of nitrogen functional groups attached to an aromatic ring is 1.